The van der Waals surface area contributed by atoms with Gasteiger partial charge in [-0.2, -0.15) is 0 Å². The van der Waals surface area contributed by atoms with Gasteiger partial charge >= 0.3 is 0 Å². The van der Waals surface area contributed by atoms with Gasteiger partial charge in [0.25, 0.3) is 0 Å². The van der Waals surface area contributed by atoms with Crippen molar-refractivity contribution >= 4 is 5.91 Å². The molecule has 0 aromatic rings. The molecule has 0 spiro atoms. The monoisotopic (exact) mass is 268 g/mol. The fraction of sp³-hybridized carbons (Fsp3) is 0.933. The zero-order valence-electron chi connectivity index (χ0n) is 12.4. The number of methoxy groups -OCH3 is 1. The van der Waals surface area contributed by atoms with Crippen LogP contribution in [0.1, 0.15) is 45.4 Å². The predicted octanol–water partition coefficient (Wildman–Crippen LogP) is 1.89. The molecule has 0 aliphatic carbocycles. The molecule has 0 N–H and O–H groups in total. The molecule has 2 saturated heterocycles. The molecule has 110 valence electrons. The number of likely N-dealkylation sites (tertiary alicyclic amines) is 2. The Balaban J connectivity index is 1.90. The highest BCUT2D eigenvalue weighted by molar-refractivity contribution is 5.76. The van der Waals surface area contributed by atoms with Gasteiger partial charge in [0.1, 0.15) is 0 Å². The maximum Gasteiger partial charge on any atom is 0.222 e. The van der Waals surface area contributed by atoms with E-state index in [1.54, 1.807) is 7.11 Å². The fourth-order valence-electron chi connectivity index (χ4n) is 3.69. The first-order valence-electron chi connectivity index (χ1n) is 7.80. The Hall–Kier alpha value is -0.610. The molecule has 0 aromatic heterocycles. The van der Waals surface area contributed by atoms with Gasteiger partial charge in [-0.15, -0.1) is 0 Å². The van der Waals surface area contributed by atoms with E-state index in [4.69, 9.17) is 4.74 Å². The second-order valence-electron chi connectivity index (χ2n) is 5.73. The van der Waals surface area contributed by atoms with Crippen molar-refractivity contribution in [2.45, 2.75) is 57.5 Å². The van der Waals surface area contributed by atoms with E-state index < -0.39 is 0 Å². The smallest absolute Gasteiger partial charge is 0.222 e. The Morgan fingerprint density at radius 3 is 2.68 bits per heavy atom. The van der Waals surface area contributed by atoms with Crippen molar-refractivity contribution in [3.05, 3.63) is 0 Å². The van der Waals surface area contributed by atoms with Crippen molar-refractivity contribution in [1.82, 2.24) is 9.80 Å². The van der Waals surface area contributed by atoms with Crippen LogP contribution in [0, 0.1) is 0 Å². The lowest BCUT2D eigenvalue weighted by Crippen LogP contribution is -2.48. The van der Waals surface area contributed by atoms with E-state index in [1.165, 1.54) is 32.2 Å². The highest BCUT2D eigenvalue weighted by Gasteiger charge is 2.38. The molecule has 0 aromatic carbocycles. The van der Waals surface area contributed by atoms with E-state index in [9.17, 15) is 4.79 Å². The molecular weight excluding hydrogens is 240 g/mol. The van der Waals surface area contributed by atoms with Crippen LogP contribution in [0.4, 0.5) is 0 Å². The maximum absolute atomic E-state index is 12.3. The summed E-state index contributed by atoms with van der Waals surface area (Å²) in [6.45, 7) is 6.22. The third-order valence-electron chi connectivity index (χ3n) is 4.62. The van der Waals surface area contributed by atoms with E-state index in [2.05, 4.69) is 16.7 Å². The Kier molecular flexibility index (Phi) is 5.64. The third kappa shape index (κ3) is 3.48. The summed E-state index contributed by atoms with van der Waals surface area (Å²) in [5.41, 5.74) is 0. The average Bonchev–Trinajstić information content (AvgIpc) is 3.06. The van der Waals surface area contributed by atoms with Crippen molar-refractivity contribution in [3.63, 3.8) is 0 Å². The summed E-state index contributed by atoms with van der Waals surface area (Å²) in [5, 5.41) is 0. The minimum absolute atomic E-state index is 0.336. The summed E-state index contributed by atoms with van der Waals surface area (Å²) in [4.78, 5) is 17.1. The van der Waals surface area contributed by atoms with Crippen LogP contribution in [0.25, 0.3) is 0 Å². The number of ether oxygens (including phenoxy) is 1. The Labute approximate surface area is 117 Å². The first kappa shape index (κ1) is 14.8. The number of amides is 1. The lowest BCUT2D eigenvalue weighted by Gasteiger charge is -2.34. The summed E-state index contributed by atoms with van der Waals surface area (Å²) in [7, 11) is 1.70. The third-order valence-corrected chi connectivity index (χ3v) is 4.62. The molecule has 0 saturated carbocycles. The van der Waals surface area contributed by atoms with Crippen LogP contribution < -0.4 is 0 Å². The Morgan fingerprint density at radius 1 is 1.21 bits per heavy atom. The minimum atomic E-state index is 0.336. The molecule has 19 heavy (non-hydrogen) atoms. The van der Waals surface area contributed by atoms with Crippen molar-refractivity contribution in [3.8, 4) is 0 Å². The van der Waals surface area contributed by atoms with E-state index >= 15 is 0 Å². The van der Waals surface area contributed by atoms with E-state index in [0.29, 0.717) is 31.0 Å². The lowest BCUT2D eigenvalue weighted by molar-refractivity contribution is -0.133. The van der Waals surface area contributed by atoms with Crippen LogP contribution in [0.5, 0.6) is 0 Å². The first-order chi connectivity index (χ1) is 9.27. The molecule has 4 heteroatoms. The van der Waals surface area contributed by atoms with Crippen LogP contribution in [-0.2, 0) is 9.53 Å². The second-order valence-corrected chi connectivity index (χ2v) is 5.73. The number of carbonyl (C=O) groups excluding carboxylic acids is 1. The molecule has 0 radical (unpaired) electrons. The van der Waals surface area contributed by atoms with Gasteiger partial charge in [-0.05, 0) is 45.2 Å². The molecule has 0 unspecified atom stereocenters. The SMILES string of the molecule is CCN1CCC[C@@H]1[C@@H]1CCCN1C(=O)CCCOC. The number of likely N-dealkylation sites (N-methyl/N-ethyl adjacent to an activating group) is 1. The predicted molar refractivity (Wildman–Crippen MR) is 76.1 cm³/mol. The molecule has 2 aliphatic rings. The molecule has 2 rings (SSSR count). The topological polar surface area (TPSA) is 32.8 Å². The summed E-state index contributed by atoms with van der Waals surface area (Å²) in [5.74, 6) is 0.336. The minimum Gasteiger partial charge on any atom is -0.385 e. The zero-order chi connectivity index (χ0) is 13.7. The quantitative estimate of drug-likeness (QED) is 0.690. The van der Waals surface area contributed by atoms with Gasteiger partial charge in [0.2, 0.25) is 5.91 Å². The molecule has 2 fully saturated rings. The Morgan fingerprint density at radius 2 is 1.95 bits per heavy atom. The highest BCUT2D eigenvalue weighted by atomic mass is 16.5. The van der Waals surface area contributed by atoms with Gasteiger partial charge in [0, 0.05) is 38.8 Å². The summed E-state index contributed by atoms with van der Waals surface area (Å²) < 4.78 is 5.04. The van der Waals surface area contributed by atoms with Crippen molar-refractivity contribution in [2.24, 2.45) is 0 Å². The van der Waals surface area contributed by atoms with Gasteiger partial charge < -0.3 is 9.64 Å². The maximum atomic E-state index is 12.3. The van der Waals surface area contributed by atoms with Crippen molar-refractivity contribution in [1.29, 1.82) is 0 Å². The molecule has 2 aliphatic heterocycles. The van der Waals surface area contributed by atoms with Crippen molar-refractivity contribution in [2.75, 3.05) is 33.4 Å². The standard InChI is InChI=1S/C15H28N2O2/c1-3-16-10-4-7-13(16)14-8-5-11-17(14)15(18)9-6-12-19-2/h13-14H,3-12H2,1-2H3/t13-,14+/m1/s1. The Bertz CT molecular complexity index is 296. The molecule has 2 heterocycles. The van der Waals surface area contributed by atoms with Gasteiger partial charge in [0.05, 0.1) is 0 Å². The van der Waals surface area contributed by atoms with Gasteiger partial charge in [-0.1, -0.05) is 6.92 Å². The van der Waals surface area contributed by atoms with Gasteiger partial charge in [-0.3, -0.25) is 9.69 Å². The number of carbonyl (C=O) groups is 1. The van der Waals surface area contributed by atoms with Crippen LogP contribution in [0.15, 0.2) is 0 Å². The van der Waals surface area contributed by atoms with Crippen LogP contribution in [0.2, 0.25) is 0 Å². The zero-order valence-corrected chi connectivity index (χ0v) is 12.4. The highest BCUT2D eigenvalue weighted by Crippen LogP contribution is 2.30. The van der Waals surface area contributed by atoms with Crippen LogP contribution in [0.3, 0.4) is 0 Å². The number of rotatable bonds is 6. The second kappa shape index (κ2) is 7.25. The summed E-state index contributed by atoms with van der Waals surface area (Å²) >= 11 is 0. The molecule has 0 bridgehead atoms. The van der Waals surface area contributed by atoms with Gasteiger partial charge in [0.15, 0.2) is 0 Å². The summed E-state index contributed by atoms with van der Waals surface area (Å²) in [6, 6.07) is 1.08. The molecule has 1 amide bonds. The average molecular weight is 268 g/mol. The van der Waals surface area contributed by atoms with E-state index in [0.717, 1.165) is 19.5 Å². The molecular formula is C15H28N2O2. The number of nitrogens with zero attached hydrogens (tertiary/aromatic N) is 2. The first-order valence-corrected chi connectivity index (χ1v) is 7.80. The molecule has 4 nitrogen and oxygen atoms in total. The number of hydrogen-bond donors (Lipinski definition) is 0. The molecule has 2 atom stereocenters. The largest absolute Gasteiger partial charge is 0.385 e. The van der Waals surface area contributed by atoms with Crippen LogP contribution in [-0.4, -0.2) is 61.1 Å². The van der Waals surface area contributed by atoms with Crippen molar-refractivity contribution < 1.29 is 9.53 Å². The van der Waals surface area contributed by atoms with Crippen LogP contribution >= 0.6 is 0 Å². The van der Waals surface area contributed by atoms with E-state index in [1.807, 2.05) is 0 Å². The van der Waals surface area contributed by atoms with E-state index in [-0.39, 0.29) is 0 Å². The fourth-order valence-corrected chi connectivity index (χ4v) is 3.69. The number of hydrogen-bond acceptors (Lipinski definition) is 3. The lowest BCUT2D eigenvalue weighted by atomic mass is 10.0. The van der Waals surface area contributed by atoms with Gasteiger partial charge in [-0.25, -0.2) is 0 Å². The normalized spacial score (nSPS) is 28.2. The summed E-state index contributed by atoms with van der Waals surface area (Å²) in [6.07, 6.45) is 6.41.